The van der Waals surface area contributed by atoms with Crippen molar-refractivity contribution in [2.75, 3.05) is 19.8 Å². The monoisotopic (exact) mass is 293 g/mol. The highest BCUT2D eigenvalue weighted by atomic mass is 28.4. The van der Waals surface area contributed by atoms with Crippen molar-refractivity contribution in [3.05, 3.63) is 0 Å². The first-order valence-corrected chi connectivity index (χ1v) is 9.95. The molecular weight excluding hydrogens is 262 g/mol. The van der Waals surface area contributed by atoms with Crippen LogP contribution < -0.4 is 5.73 Å². The lowest BCUT2D eigenvalue weighted by Crippen LogP contribution is -2.54. The summed E-state index contributed by atoms with van der Waals surface area (Å²) in [6.45, 7) is 12.4. The van der Waals surface area contributed by atoms with E-state index in [2.05, 4.69) is 20.8 Å². The number of hydrogen-bond donors (Lipinski definition) is 1. The molecule has 0 aromatic carbocycles. The fourth-order valence-corrected chi connectivity index (χ4v) is 5.65. The fourth-order valence-electron chi connectivity index (χ4n) is 1.57. The average molecular weight is 294 g/mol. The van der Waals surface area contributed by atoms with Gasteiger partial charge in [-0.15, -0.1) is 0 Å². The Balaban J connectivity index is 4.90. The maximum atomic E-state index is 6.37. The Hall–Kier alpha value is 0.274. The highest BCUT2D eigenvalue weighted by Gasteiger charge is 2.45. The summed E-state index contributed by atoms with van der Waals surface area (Å²) in [6, 6.07) is 0.815. The summed E-state index contributed by atoms with van der Waals surface area (Å²) in [5, 5.41) is -0.106. The molecule has 0 aromatic heterocycles. The SMILES string of the molecule is CCO[Si](CCCN)(OCC)OC(C)([SiH3])C(C)C. The quantitative estimate of drug-likeness (QED) is 0.613. The van der Waals surface area contributed by atoms with Crippen molar-refractivity contribution >= 4 is 19.0 Å². The second kappa shape index (κ2) is 8.45. The summed E-state index contributed by atoms with van der Waals surface area (Å²) in [5.41, 5.74) is 5.62. The van der Waals surface area contributed by atoms with Crippen LogP contribution in [0.3, 0.4) is 0 Å². The molecule has 6 heteroatoms. The summed E-state index contributed by atoms with van der Waals surface area (Å²) in [7, 11) is -1.60. The van der Waals surface area contributed by atoms with E-state index in [1.54, 1.807) is 0 Å². The van der Waals surface area contributed by atoms with E-state index in [1.165, 1.54) is 0 Å². The van der Waals surface area contributed by atoms with Crippen LogP contribution in [0, 0.1) is 5.92 Å². The van der Waals surface area contributed by atoms with Crippen LogP contribution in [0.25, 0.3) is 0 Å². The summed E-state index contributed by atoms with van der Waals surface area (Å²) >= 11 is 0. The molecule has 0 radical (unpaired) electrons. The molecule has 0 aliphatic rings. The van der Waals surface area contributed by atoms with Crippen LogP contribution in [-0.2, 0) is 13.3 Å². The summed E-state index contributed by atoms with van der Waals surface area (Å²) in [4.78, 5) is 0. The smallest absolute Gasteiger partial charge is 0.374 e. The second-order valence-corrected chi connectivity index (χ2v) is 9.93. The van der Waals surface area contributed by atoms with Gasteiger partial charge in [0.15, 0.2) is 0 Å². The molecule has 0 aliphatic carbocycles. The van der Waals surface area contributed by atoms with Crippen LogP contribution in [0.1, 0.15) is 41.0 Å². The molecular formula is C12H31NO3Si2. The van der Waals surface area contributed by atoms with Gasteiger partial charge in [0.05, 0.1) is 0 Å². The van der Waals surface area contributed by atoms with Gasteiger partial charge in [-0.1, -0.05) is 13.8 Å². The molecule has 110 valence electrons. The van der Waals surface area contributed by atoms with E-state index in [0.717, 1.165) is 22.7 Å². The zero-order valence-corrected chi connectivity index (χ0v) is 15.9. The largest absolute Gasteiger partial charge is 0.501 e. The van der Waals surface area contributed by atoms with Crippen LogP contribution in [0.2, 0.25) is 6.04 Å². The van der Waals surface area contributed by atoms with Gasteiger partial charge in [0, 0.05) is 34.7 Å². The molecule has 1 atom stereocenters. The standard InChI is InChI=1S/C12H31NO3Si2/c1-6-14-18(15-7-2,10-8-9-13)16-12(5,17)11(3)4/h11H,6-10,13H2,1-5,17H3. The van der Waals surface area contributed by atoms with E-state index in [0.29, 0.717) is 25.7 Å². The van der Waals surface area contributed by atoms with E-state index < -0.39 is 8.80 Å². The maximum absolute atomic E-state index is 6.37. The molecule has 1 unspecified atom stereocenters. The van der Waals surface area contributed by atoms with E-state index in [-0.39, 0.29) is 5.22 Å². The van der Waals surface area contributed by atoms with E-state index in [4.69, 9.17) is 19.0 Å². The van der Waals surface area contributed by atoms with E-state index in [9.17, 15) is 0 Å². The van der Waals surface area contributed by atoms with Crippen molar-refractivity contribution < 1.29 is 13.3 Å². The topological polar surface area (TPSA) is 53.7 Å². The summed E-state index contributed by atoms with van der Waals surface area (Å²) < 4.78 is 18.2. The lowest BCUT2D eigenvalue weighted by atomic mass is 10.1. The van der Waals surface area contributed by atoms with Crippen molar-refractivity contribution in [3.8, 4) is 0 Å². The predicted molar refractivity (Wildman–Crippen MR) is 81.8 cm³/mol. The van der Waals surface area contributed by atoms with Gasteiger partial charge >= 0.3 is 8.80 Å². The molecule has 4 nitrogen and oxygen atoms in total. The Bertz CT molecular complexity index is 219. The van der Waals surface area contributed by atoms with Gasteiger partial charge in [-0.2, -0.15) is 0 Å². The Labute approximate surface area is 116 Å². The van der Waals surface area contributed by atoms with Crippen LogP contribution in [0.4, 0.5) is 0 Å². The molecule has 0 amide bonds. The number of nitrogens with two attached hydrogens (primary N) is 1. The van der Waals surface area contributed by atoms with Crippen LogP contribution >= 0.6 is 0 Å². The first-order chi connectivity index (χ1) is 8.33. The van der Waals surface area contributed by atoms with Crippen molar-refractivity contribution in [2.45, 2.75) is 52.3 Å². The van der Waals surface area contributed by atoms with Gasteiger partial charge in [-0.3, -0.25) is 0 Å². The molecule has 0 saturated heterocycles. The van der Waals surface area contributed by atoms with Crippen LogP contribution in [0.15, 0.2) is 0 Å². The van der Waals surface area contributed by atoms with Crippen LogP contribution in [-0.4, -0.2) is 44.0 Å². The molecule has 18 heavy (non-hydrogen) atoms. The zero-order chi connectivity index (χ0) is 14.2. The van der Waals surface area contributed by atoms with Gasteiger partial charge in [0.1, 0.15) is 0 Å². The van der Waals surface area contributed by atoms with Gasteiger partial charge in [-0.05, 0) is 39.7 Å². The Morgan fingerprint density at radius 3 is 2.06 bits per heavy atom. The molecule has 0 heterocycles. The van der Waals surface area contributed by atoms with Gasteiger partial charge in [0.25, 0.3) is 0 Å². The Morgan fingerprint density at radius 1 is 1.22 bits per heavy atom. The maximum Gasteiger partial charge on any atom is 0.501 e. The van der Waals surface area contributed by atoms with Crippen LogP contribution in [0.5, 0.6) is 0 Å². The second-order valence-electron chi connectivity index (χ2n) is 5.30. The molecule has 0 aliphatic heterocycles. The van der Waals surface area contributed by atoms with E-state index >= 15 is 0 Å². The third-order valence-corrected chi connectivity index (χ3v) is 8.25. The average Bonchev–Trinajstić information content (AvgIpc) is 2.26. The summed E-state index contributed by atoms with van der Waals surface area (Å²) in [5.74, 6) is 0.467. The first kappa shape index (κ1) is 18.3. The highest BCUT2D eigenvalue weighted by molar-refractivity contribution is 6.61. The minimum Gasteiger partial charge on any atom is -0.374 e. The molecule has 0 bridgehead atoms. The third-order valence-electron chi connectivity index (χ3n) is 3.22. The fraction of sp³-hybridized carbons (Fsp3) is 1.00. The highest BCUT2D eigenvalue weighted by Crippen LogP contribution is 2.27. The van der Waals surface area contributed by atoms with Crippen molar-refractivity contribution in [1.29, 1.82) is 0 Å². The van der Waals surface area contributed by atoms with Gasteiger partial charge in [-0.25, -0.2) is 0 Å². The zero-order valence-electron chi connectivity index (χ0n) is 12.9. The predicted octanol–water partition coefficient (Wildman–Crippen LogP) is 1.10. The van der Waals surface area contributed by atoms with Crippen molar-refractivity contribution in [2.24, 2.45) is 11.7 Å². The normalized spacial score (nSPS) is 16.2. The number of rotatable bonds is 10. The van der Waals surface area contributed by atoms with Gasteiger partial charge in [0.2, 0.25) is 0 Å². The lowest BCUT2D eigenvalue weighted by molar-refractivity contribution is 0.000888. The third kappa shape index (κ3) is 5.94. The molecule has 2 N–H and O–H groups in total. The van der Waals surface area contributed by atoms with Crippen molar-refractivity contribution in [3.63, 3.8) is 0 Å². The molecule has 0 rings (SSSR count). The minimum atomic E-state index is -2.56. The first-order valence-electron chi connectivity index (χ1n) is 7.01. The molecule has 0 aromatic rings. The number of hydrogen-bond acceptors (Lipinski definition) is 4. The van der Waals surface area contributed by atoms with E-state index in [1.807, 2.05) is 13.8 Å². The Kier molecular flexibility index (Phi) is 8.57. The van der Waals surface area contributed by atoms with Gasteiger partial charge < -0.3 is 19.0 Å². The van der Waals surface area contributed by atoms with Crippen molar-refractivity contribution in [1.82, 2.24) is 0 Å². The molecule has 0 spiro atoms. The Morgan fingerprint density at radius 2 is 1.72 bits per heavy atom. The minimum absolute atomic E-state index is 0.106. The lowest BCUT2D eigenvalue weighted by Gasteiger charge is -2.39. The molecule has 0 saturated carbocycles. The molecule has 0 fully saturated rings. The summed E-state index contributed by atoms with van der Waals surface area (Å²) in [6.07, 6.45) is 0.891.